The summed E-state index contributed by atoms with van der Waals surface area (Å²) < 4.78 is 14.6. The summed E-state index contributed by atoms with van der Waals surface area (Å²) >= 11 is 0. The van der Waals surface area contributed by atoms with E-state index < -0.39 is 26.9 Å². The van der Waals surface area contributed by atoms with Gasteiger partial charge >= 0.3 is 29.6 Å². The van der Waals surface area contributed by atoms with Gasteiger partial charge in [-0.2, -0.15) is 0 Å². The average molecular weight is 192 g/mol. The maximum atomic E-state index is 10.3. The van der Waals surface area contributed by atoms with E-state index in [1.807, 2.05) is 0 Å². The van der Waals surface area contributed by atoms with Gasteiger partial charge in [0.05, 0.1) is 13.2 Å². The fourth-order valence-corrected chi connectivity index (χ4v) is 1.07. The van der Waals surface area contributed by atoms with Crippen LogP contribution in [-0.2, 0) is 9.09 Å². The summed E-state index contributed by atoms with van der Waals surface area (Å²) in [6.07, 6.45) is -1.02. The van der Waals surface area contributed by atoms with E-state index in [4.69, 9.17) is 10.2 Å². The fraction of sp³-hybridized carbons (Fsp3) is 1.00. The van der Waals surface area contributed by atoms with Crippen LogP contribution in [-0.4, -0.2) is 36.2 Å². The van der Waals surface area contributed by atoms with E-state index in [2.05, 4.69) is 4.52 Å². The van der Waals surface area contributed by atoms with Crippen molar-refractivity contribution >= 4 is 7.60 Å². The van der Waals surface area contributed by atoms with Gasteiger partial charge in [0.15, 0.2) is 0 Å². The molecule has 0 aliphatic heterocycles. The van der Waals surface area contributed by atoms with Crippen LogP contribution in [0.5, 0.6) is 0 Å². The number of hydrogen-bond donors (Lipinski definition) is 2. The van der Waals surface area contributed by atoms with E-state index in [1.165, 1.54) is 0 Å². The Bertz CT molecular complexity index is 130. The van der Waals surface area contributed by atoms with E-state index in [0.29, 0.717) is 0 Å². The minimum Gasteiger partial charge on any atom is -0.779 e. The molecule has 1 atom stereocenters. The Morgan fingerprint density at radius 2 is 1.91 bits per heavy atom. The number of aliphatic hydroxyl groups is 2. The third kappa shape index (κ3) is 8.98. The second-order valence-electron chi connectivity index (χ2n) is 1.86. The minimum atomic E-state index is -3.82. The molecule has 0 aliphatic carbocycles. The first kappa shape index (κ1) is 14.6. The molecule has 0 amide bonds. The zero-order valence-corrected chi connectivity index (χ0v) is 9.45. The molecular formula is C4H10NaO5P. The van der Waals surface area contributed by atoms with Crippen molar-refractivity contribution in [3.63, 3.8) is 0 Å². The molecule has 0 aliphatic rings. The van der Waals surface area contributed by atoms with Crippen molar-refractivity contribution in [3.8, 4) is 0 Å². The molecule has 5 nitrogen and oxygen atoms in total. The Morgan fingerprint density at radius 1 is 1.55 bits per heavy atom. The smallest absolute Gasteiger partial charge is 0.779 e. The fourth-order valence-electron chi connectivity index (χ4n) is 0.395. The van der Waals surface area contributed by atoms with Gasteiger partial charge in [0.25, 0.3) is 0 Å². The molecule has 0 heterocycles. The molecule has 2 N–H and O–H groups in total. The molecule has 0 fully saturated rings. The van der Waals surface area contributed by atoms with Crippen molar-refractivity contribution in [1.29, 1.82) is 0 Å². The predicted molar refractivity (Wildman–Crippen MR) is 32.6 cm³/mol. The summed E-state index contributed by atoms with van der Waals surface area (Å²) in [7, 11) is -3.82. The van der Waals surface area contributed by atoms with Crippen molar-refractivity contribution in [2.75, 3.05) is 19.9 Å². The zero-order valence-electron chi connectivity index (χ0n) is 6.56. The van der Waals surface area contributed by atoms with Crippen LogP contribution in [0.15, 0.2) is 0 Å². The van der Waals surface area contributed by atoms with Crippen molar-refractivity contribution in [1.82, 2.24) is 0 Å². The Morgan fingerprint density at radius 3 is 2.00 bits per heavy atom. The van der Waals surface area contributed by atoms with Crippen molar-refractivity contribution < 1.29 is 53.8 Å². The Labute approximate surface area is 87.2 Å². The standard InChI is InChI=1S/C4H11O5P.Na/c1-10(7,8)9-4(2-5)3-6;/h4-6H,2-3H2,1H3,(H,7,8);/q;+1/p-1. The first-order valence-electron chi connectivity index (χ1n) is 2.68. The van der Waals surface area contributed by atoms with Crippen LogP contribution in [0.2, 0.25) is 0 Å². The van der Waals surface area contributed by atoms with Crippen LogP contribution >= 0.6 is 7.60 Å². The SMILES string of the molecule is CP(=O)([O-])OC(CO)CO.[Na+]. The summed E-state index contributed by atoms with van der Waals surface area (Å²) in [6.45, 7) is -0.127. The molecule has 0 radical (unpaired) electrons. The molecule has 7 heteroatoms. The van der Waals surface area contributed by atoms with Crippen molar-refractivity contribution in [3.05, 3.63) is 0 Å². The molecule has 11 heavy (non-hydrogen) atoms. The van der Waals surface area contributed by atoms with E-state index in [0.717, 1.165) is 6.66 Å². The molecule has 1 unspecified atom stereocenters. The van der Waals surface area contributed by atoms with Gasteiger partial charge in [0, 0.05) is 6.66 Å². The Kier molecular flexibility index (Phi) is 8.71. The largest absolute Gasteiger partial charge is 1.00 e. The van der Waals surface area contributed by atoms with Crippen LogP contribution in [0.1, 0.15) is 0 Å². The molecule has 0 saturated heterocycles. The van der Waals surface area contributed by atoms with Gasteiger partial charge < -0.3 is 24.2 Å². The number of hydrogen-bond acceptors (Lipinski definition) is 5. The van der Waals surface area contributed by atoms with Gasteiger partial charge in [-0.1, -0.05) is 0 Å². The molecule has 0 aromatic carbocycles. The van der Waals surface area contributed by atoms with Crippen LogP contribution in [0, 0.1) is 0 Å². The van der Waals surface area contributed by atoms with Crippen molar-refractivity contribution in [2.24, 2.45) is 0 Å². The molecule has 62 valence electrons. The molecule has 0 aromatic heterocycles. The van der Waals surface area contributed by atoms with Gasteiger partial charge in [-0.15, -0.1) is 0 Å². The summed E-state index contributed by atoms with van der Waals surface area (Å²) in [5.41, 5.74) is 0. The Hall–Kier alpha value is 1.07. The molecular weight excluding hydrogens is 182 g/mol. The normalized spacial score (nSPS) is 15.7. The maximum Gasteiger partial charge on any atom is 1.00 e. The molecule has 0 spiro atoms. The van der Waals surface area contributed by atoms with Crippen LogP contribution in [0.3, 0.4) is 0 Å². The quantitative estimate of drug-likeness (QED) is 0.346. The third-order valence-corrected chi connectivity index (χ3v) is 1.43. The summed E-state index contributed by atoms with van der Waals surface area (Å²) in [6, 6.07) is 0. The van der Waals surface area contributed by atoms with Crippen LogP contribution in [0.25, 0.3) is 0 Å². The van der Waals surface area contributed by atoms with Gasteiger partial charge in [0.2, 0.25) is 0 Å². The van der Waals surface area contributed by atoms with Gasteiger partial charge in [-0.3, -0.25) is 0 Å². The first-order valence-corrected chi connectivity index (χ1v) is 4.67. The first-order chi connectivity index (χ1) is 4.49. The van der Waals surface area contributed by atoms with E-state index >= 15 is 0 Å². The van der Waals surface area contributed by atoms with Crippen LogP contribution in [0.4, 0.5) is 0 Å². The van der Waals surface area contributed by atoms with E-state index in [9.17, 15) is 9.46 Å². The van der Waals surface area contributed by atoms with Crippen molar-refractivity contribution in [2.45, 2.75) is 6.10 Å². The average Bonchev–Trinajstić information content (AvgIpc) is 1.81. The Balaban J connectivity index is 0. The van der Waals surface area contributed by atoms with Gasteiger partial charge in [0.1, 0.15) is 13.7 Å². The van der Waals surface area contributed by atoms with Gasteiger partial charge in [-0.05, 0) is 0 Å². The topological polar surface area (TPSA) is 89.8 Å². The molecule has 0 aromatic rings. The summed E-state index contributed by atoms with van der Waals surface area (Å²) in [5.74, 6) is 0. The molecule has 0 bridgehead atoms. The monoisotopic (exact) mass is 192 g/mol. The zero-order chi connectivity index (χ0) is 8.20. The van der Waals surface area contributed by atoms with Crippen LogP contribution < -0.4 is 34.5 Å². The second-order valence-corrected chi connectivity index (χ2v) is 3.62. The number of rotatable bonds is 4. The molecule has 0 rings (SSSR count). The third-order valence-electron chi connectivity index (χ3n) is 0.748. The summed E-state index contributed by atoms with van der Waals surface area (Å²) in [5, 5.41) is 16.7. The van der Waals surface area contributed by atoms with Gasteiger partial charge in [-0.25, -0.2) is 0 Å². The second kappa shape index (κ2) is 6.57. The summed E-state index contributed by atoms with van der Waals surface area (Å²) in [4.78, 5) is 10.3. The van der Waals surface area contributed by atoms with E-state index in [1.54, 1.807) is 0 Å². The minimum absolute atomic E-state index is 0. The number of aliphatic hydroxyl groups excluding tert-OH is 2. The predicted octanol–water partition coefficient (Wildman–Crippen LogP) is -4.46. The van der Waals surface area contributed by atoms with E-state index in [-0.39, 0.29) is 29.6 Å². The maximum absolute atomic E-state index is 10.3. The molecule has 0 saturated carbocycles.